The number of hydrogen-bond acceptors (Lipinski definition) is 4. The normalized spacial score (nSPS) is 12.9. The number of aliphatic hydroxyl groups excluding tert-OH is 1. The van der Waals surface area contributed by atoms with E-state index in [-0.39, 0.29) is 54.3 Å². The van der Waals surface area contributed by atoms with Crippen LogP contribution in [0.5, 0.6) is 11.5 Å². The Balaban J connectivity index is 0.000000290. The largest absolute Gasteiger partial charge is 0.512 e. The van der Waals surface area contributed by atoms with E-state index in [2.05, 4.69) is 108 Å². The number of carbonyl (C=O) groups excluding carboxylic acids is 1. The first-order valence-electron chi connectivity index (χ1n) is 19.1. The van der Waals surface area contributed by atoms with E-state index in [9.17, 15) is 9.90 Å². The molecule has 1 radical (unpaired) electrons. The third-order valence-corrected chi connectivity index (χ3v) is 10.9. The van der Waals surface area contributed by atoms with E-state index in [0.29, 0.717) is 0 Å². The zero-order valence-electron chi connectivity index (χ0n) is 33.0. The number of nitrogens with zero attached hydrogens (tertiary/aromatic N) is 1. The molecule has 0 atom stereocenters. The van der Waals surface area contributed by atoms with Crippen LogP contribution in [0.25, 0.3) is 54.3 Å². The molecule has 279 valence electrons. The van der Waals surface area contributed by atoms with Crippen LogP contribution in [-0.2, 0) is 35.7 Å². The van der Waals surface area contributed by atoms with E-state index in [4.69, 9.17) is 9.72 Å². The van der Waals surface area contributed by atoms with Gasteiger partial charge in [0.05, 0.1) is 11.5 Å². The van der Waals surface area contributed by atoms with Crippen molar-refractivity contribution >= 4 is 48.9 Å². The predicted octanol–water partition coefficient (Wildman–Crippen LogP) is 13.7. The van der Waals surface area contributed by atoms with Crippen LogP contribution in [-0.4, -0.2) is 15.9 Å². The molecular formula is C48H54IrNO3-. The smallest absolute Gasteiger partial charge is 0.162 e. The van der Waals surface area contributed by atoms with Gasteiger partial charge in [0.15, 0.2) is 5.78 Å². The molecule has 1 aliphatic rings. The van der Waals surface area contributed by atoms with E-state index < -0.39 is 0 Å². The zero-order chi connectivity index (χ0) is 37.5. The van der Waals surface area contributed by atoms with Crippen molar-refractivity contribution in [3.63, 3.8) is 0 Å². The number of benzene rings is 5. The molecule has 0 amide bonds. The summed E-state index contributed by atoms with van der Waals surface area (Å²) in [7, 11) is 0. The molecule has 1 aromatic heterocycles. The van der Waals surface area contributed by atoms with Crippen molar-refractivity contribution in [2.75, 3.05) is 0 Å². The molecule has 0 saturated heterocycles. The van der Waals surface area contributed by atoms with Gasteiger partial charge in [-0.05, 0) is 92.8 Å². The molecule has 1 aliphatic heterocycles. The van der Waals surface area contributed by atoms with Crippen molar-refractivity contribution < 1.29 is 34.7 Å². The molecule has 0 bridgehead atoms. The van der Waals surface area contributed by atoms with Crippen molar-refractivity contribution in [2.45, 2.75) is 106 Å². The topological polar surface area (TPSA) is 59.4 Å². The molecule has 0 saturated carbocycles. The molecule has 6 aromatic rings. The van der Waals surface area contributed by atoms with E-state index in [1.807, 2.05) is 40.0 Å². The van der Waals surface area contributed by atoms with E-state index in [1.54, 1.807) is 0 Å². The van der Waals surface area contributed by atoms with Gasteiger partial charge in [0, 0.05) is 55.3 Å². The number of carbonyl (C=O) groups is 1. The van der Waals surface area contributed by atoms with Crippen LogP contribution in [0.4, 0.5) is 0 Å². The monoisotopic (exact) mass is 885 g/mol. The summed E-state index contributed by atoms with van der Waals surface area (Å²) in [6.07, 6.45) is 6.83. The van der Waals surface area contributed by atoms with E-state index in [0.717, 1.165) is 64.6 Å². The molecule has 0 unspecified atom stereocenters. The first-order valence-corrected chi connectivity index (χ1v) is 19.1. The number of hydrogen-bond donors (Lipinski definition) is 1. The number of ketones is 1. The van der Waals surface area contributed by atoms with Crippen molar-refractivity contribution in [1.29, 1.82) is 0 Å². The van der Waals surface area contributed by atoms with Crippen LogP contribution in [0.2, 0.25) is 0 Å². The Morgan fingerprint density at radius 1 is 0.755 bits per heavy atom. The van der Waals surface area contributed by atoms with Gasteiger partial charge in [0.2, 0.25) is 0 Å². The second-order valence-electron chi connectivity index (χ2n) is 16.4. The third kappa shape index (κ3) is 7.80. The van der Waals surface area contributed by atoms with Crippen LogP contribution in [0.1, 0.15) is 106 Å². The maximum absolute atomic E-state index is 11.7. The summed E-state index contributed by atoms with van der Waals surface area (Å²) in [5, 5.41) is 19.2. The molecule has 7 rings (SSSR count). The maximum Gasteiger partial charge on any atom is 0.162 e. The standard InChI is InChI=1S/C35H30NO.C13H24O2.Ir/c1-34(2,3)22-17-26-24(29(18-22)35(4,5)6)12-11-23-25-13-14-36-33-28-15-20-9-7-8-10-21(20)16-30(28)37-31(32(25)33)19-27(23)26;1-5-10(6-2)12(14)9-13(15)11(7-3)8-4;/h7-14,16-19H,1-6H3;9-11,14H,5-8H2,1-4H3;/q-1;;/b;12-9-;. The van der Waals surface area contributed by atoms with Gasteiger partial charge in [-0.1, -0.05) is 123 Å². The van der Waals surface area contributed by atoms with Gasteiger partial charge >= 0.3 is 0 Å². The van der Waals surface area contributed by atoms with Crippen LogP contribution in [0.3, 0.4) is 0 Å². The number of fused-ring (bicyclic) bond motifs is 7. The summed E-state index contributed by atoms with van der Waals surface area (Å²) >= 11 is 0. The Kier molecular flexibility index (Phi) is 11.9. The van der Waals surface area contributed by atoms with E-state index in [1.165, 1.54) is 44.1 Å². The van der Waals surface area contributed by atoms with Gasteiger partial charge in [-0.2, -0.15) is 0 Å². The first kappa shape index (κ1) is 40.1. The average Bonchev–Trinajstić information content (AvgIpc) is 3.11. The van der Waals surface area contributed by atoms with Crippen LogP contribution in [0.15, 0.2) is 84.8 Å². The van der Waals surface area contributed by atoms with Crippen LogP contribution < -0.4 is 4.74 Å². The third-order valence-electron chi connectivity index (χ3n) is 10.9. The molecule has 53 heavy (non-hydrogen) atoms. The van der Waals surface area contributed by atoms with Crippen molar-refractivity contribution in [3.8, 4) is 22.8 Å². The Morgan fingerprint density at radius 2 is 1.40 bits per heavy atom. The Labute approximate surface area is 329 Å². The SMILES string of the molecule is CC(C)(C)c1cc(C(C)(C)C)c2ccc3c4ccnc5c4c(cc3c2c1)Oc1cc2ccccc2[c-]c1-5.CCC(CC)C(=O)/C=C(\O)C(CC)CC.[Ir]. The van der Waals surface area contributed by atoms with E-state index >= 15 is 0 Å². The summed E-state index contributed by atoms with van der Waals surface area (Å²) in [5.74, 6) is 2.23. The number of aliphatic hydroxyl groups is 1. The number of pyridine rings is 1. The minimum atomic E-state index is 0. The molecule has 5 heteroatoms. The summed E-state index contributed by atoms with van der Waals surface area (Å²) < 4.78 is 6.64. The number of rotatable bonds is 7. The first-order chi connectivity index (χ1) is 24.7. The fourth-order valence-corrected chi connectivity index (χ4v) is 7.61. The molecule has 0 fully saturated rings. The molecule has 0 aliphatic carbocycles. The maximum atomic E-state index is 11.7. The minimum Gasteiger partial charge on any atom is -0.512 e. The summed E-state index contributed by atoms with van der Waals surface area (Å²) in [6, 6.07) is 27.8. The summed E-state index contributed by atoms with van der Waals surface area (Å²) in [4.78, 5) is 16.6. The number of aromatic nitrogens is 1. The zero-order valence-corrected chi connectivity index (χ0v) is 35.4. The second kappa shape index (κ2) is 15.7. The Morgan fingerprint density at radius 3 is 2.04 bits per heavy atom. The van der Waals surface area contributed by atoms with Crippen molar-refractivity contribution in [1.82, 2.24) is 4.98 Å². The fraction of sp³-hybridized carbons (Fsp3) is 0.375. The fourth-order valence-electron chi connectivity index (χ4n) is 7.61. The Bertz CT molecular complexity index is 2330. The van der Waals surface area contributed by atoms with Gasteiger partial charge in [0.25, 0.3) is 0 Å². The van der Waals surface area contributed by atoms with Crippen LogP contribution >= 0.6 is 0 Å². The Hall–Kier alpha value is -4.05. The minimum absolute atomic E-state index is 0. The van der Waals surface area contributed by atoms with Gasteiger partial charge in [-0.15, -0.1) is 17.5 Å². The van der Waals surface area contributed by atoms with Gasteiger partial charge in [0.1, 0.15) is 5.75 Å². The predicted molar refractivity (Wildman–Crippen MR) is 220 cm³/mol. The van der Waals surface area contributed by atoms with Crippen molar-refractivity contribution in [2.24, 2.45) is 11.8 Å². The molecule has 0 spiro atoms. The summed E-state index contributed by atoms with van der Waals surface area (Å²) in [6.45, 7) is 21.9. The van der Waals surface area contributed by atoms with Crippen LogP contribution in [0, 0.1) is 17.9 Å². The number of allylic oxidation sites excluding steroid dienone is 2. The molecule has 1 N–H and O–H groups in total. The number of ether oxygens (including phenoxy) is 1. The van der Waals surface area contributed by atoms with Crippen molar-refractivity contribution in [3.05, 3.63) is 102 Å². The van der Waals surface area contributed by atoms with Gasteiger partial charge in [-0.3, -0.25) is 9.78 Å². The quantitative estimate of drug-likeness (QED) is 0.0750. The van der Waals surface area contributed by atoms with Gasteiger partial charge < -0.3 is 9.84 Å². The summed E-state index contributed by atoms with van der Waals surface area (Å²) in [5.41, 5.74) is 4.69. The molecule has 5 aromatic carbocycles. The molecule has 2 heterocycles. The second-order valence-corrected chi connectivity index (χ2v) is 16.4. The molecule has 4 nitrogen and oxygen atoms in total. The average molecular weight is 885 g/mol. The molecular weight excluding hydrogens is 831 g/mol. The van der Waals surface area contributed by atoms with Gasteiger partial charge in [-0.25, -0.2) is 0 Å².